The summed E-state index contributed by atoms with van der Waals surface area (Å²) in [6, 6.07) is 18.5. The van der Waals surface area contributed by atoms with Gasteiger partial charge in [0.2, 0.25) is 5.88 Å². The Kier molecular flexibility index (Phi) is 3.92. The van der Waals surface area contributed by atoms with Crippen molar-refractivity contribution >= 4 is 0 Å². The molecule has 0 atom stereocenters. The second kappa shape index (κ2) is 6.18. The molecule has 3 aromatic rings. The van der Waals surface area contributed by atoms with E-state index in [1.807, 2.05) is 54.6 Å². The first-order chi connectivity index (χ1) is 10.8. The summed E-state index contributed by atoms with van der Waals surface area (Å²) in [6.45, 7) is 0. The average Bonchev–Trinajstić information content (AvgIpc) is 2.57. The van der Waals surface area contributed by atoms with Crippen LogP contribution in [0.3, 0.4) is 0 Å². The summed E-state index contributed by atoms with van der Waals surface area (Å²) in [4.78, 5) is 4.19. The molecule has 0 fully saturated rings. The van der Waals surface area contributed by atoms with Gasteiger partial charge in [0, 0.05) is 5.56 Å². The Morgan fingerprint density at radius 2 is 1.64 bits per heavy atom. The van der Waals surface area contributed by atoms with Gasteiger partial charge < -0.3 is 14.6 Å². The lowest BCUT2D eigenvalue weighted by Gasteiger charge is -2.11. The highest BCUT2D eigenvalue weighted by molar-refractivity contribution is 5.70. The van der Waals surface area contributed by atoms with Crippen molar-refractivity contribution < 1.29 is 14.6 Å². The van der Waals surface area contributed by atoms with Gasteiger partial charge >= 0.3 is 0 Å². The largest absolute Gasteiger partial charge is 0.506 e. The van der Waals surface area contributed by atoms with Crippen LogP contribution in [0.4, 0.5) is 0 Å². The molecular formula is C18H15NO3. The van der Waals surface area contributed by atoms with E-state index >= 15 is 0 Å². The molecule has 1 heterocycles. The number of rotatable bonds is 4. The van der Waals surface area contributed by atoms with Gasteiger partial charge in [0.25, 0.3) is 0 Å². The zero-order valence-corrected chi connectivity index (χ0v) is 12.1. The molecule has 3 rings (SSSR count). The van der Waals surface area contributed by atoms with Crippen molar-refractivity contribution in [1.82, 2.24) is 4.98 Å². The molecule has 4 heteroatoms. The number of nitrogens with zero attached hydrogens (tertiary/aromatic N) is 1. The molecule has 0 unspecified atom stereocenters. The summed E-state index contributed by atoms with van der Waals surface area (Å²) < 4.78 is 11.0. The van der Waals surface area contributed by atoms with E-state index in [1.54, 1.807) is 13.2 Å². The summed E-state index contributed by atoms with van der Waals surface area (Å²) in [5.41, 5.74) is 1.60. The van der Waals surface area contributed by atoms with E-state index in [1.165, 1.54) is 6.20 Å². The van der Waals surface area contributed by atoms with Crippen LogP contribution in [-0.4, -0.2) is 17.2 Å². The number of aromatic hydroxyl groups is 1. The Hall–Kier alpha value is -3.01. The fourth-order valence-electron chi connectivity index (χ4n) is 2.10. The van der Waals surface area contributed by atoms with Crippen LogP contribution in [0.5, 0.6) is 23.1 Å². The monoisotopic (exact) mass is 293 g/mol. The zero-order chi connectivity index (χ0) is 15.4. The molecule has 1 N–H and O–H groups in total. The summed E-state index contributed by atoms with van der Waals surface area (Å²) >= 11 is 0. The topological polar surface area (TPSA) is 51.6 Å². The van der Waals surface area contributed by atoms with Crippen LogP contribution in [0.25, 0.3) is 11.1 Å². The fraction of sp³-hybridized carbons (Fsp3) is 0.0556. The Bertz CT molecular complexity index is 755. The van der Waals surface area contributed by atoms with Crippen molar-refractivity contribution in [3.05, 3.63) is 66.9 Å². The Balaban J connectivity index is 2.00. The number of hydrogen-bond donors (Lipinski definition) is 1. The van der Waals surface area contributed by atoms with Gasteiger partial charge in [-0.05, 0) is 35.9 Å². The van der Waals surface area contributed by atoms with Crippen LogP contribution < -0.4 is 9.47 Å². The predicted molar refractivity (Wildman–Crippen MR) is 84.4 cm³/mol. The number of pyridine rings is 1. The van der Waals surface area contributed by atoms with Crippen molar-refractivity contribution in [2.24, 2.45) is 0 Å². The molecular weight excluding hydrogens is 278 g/mol. The summed E-state index contributed by atoms with van der Waals surface area (Å²) in [5.74, 6) is 1.98. The van der Waals surface area contributed by atoms with Crippen molar-refractivity contribution in [1.29, 1.82) is 0 Å². The van der Waals surface area contributed by atoms with Crippen LogP contribution in [-0.2, 0) is 0 Å². The molecule has 0 radical (unpaired) electrons. The van der Waals surface area contributed by atoms with Crippen molar-refractivity contribution in [2.75, 3.05) is 7.11 Å². The minimum atomic E-state index is 0.0891. The average molecular weight is 293 g/mol. The van der Waals surface area contributed by atoms with Crippen LogP contribution in [0.2, 0.25) is 0 Å². The molecule has 0 amide bonds. The van der Waals surface area contributed by atoms with Gasteiger partial charge in [-0.15, -0.1) is 0 Å². The maximum absolute atomic E-state index is 9.72. The highest BCUT2D eigenvalue weighted by atomic mass is 16.5. The first-order valence-corrected chi connectivity index (χ1v) is 6.82. The number of methoxy groups -OCH3 is 1. The van der Waals surface area contributed by atoms with E-state index in [0.717, 1.165) is 11.3 Å². The molecule has 0 aliphatic carbocycles. The molecule has 1 aromatic heterocycles. The molecule has 0 aliphatic rings. The maximum Gasteiger partial charge on any atom is 0.227 e. The third-order valence-corrected chi connectivity index (χ3v) is 3.20. The molecule has 0 spiro atoms. The lowest BCUT2D eigenvalue weighted by Crippen LogP contribution is -1.92. The summed E-state index contributed by atoms with van der Waals surface area (Å²) in [6.07, 6.45) is 1.37. The van der Waals surface area contributed by atoms with Crippen LogP contribution in [0.1, 0.15) is 0 Å². The summed E-state index contributed by atoms with van der Waals surface area (Å²) in [5, 5.41) is 9.72. The lowest BCUT2D eigenvalue weighted by atomic mass is 10.1. The van der Waals surface area contributed by atoms with Crippen molar-refractivity contribution in [3.8, 4) is 34.3 Å². The molecule has 0 saturated carbocycles. The van der Waals surface area contributed by atoms with Crippen LogP contribution >= 0.6 is 0 Å². The van der Waals surface area contributed by atoms with Gasteiger partial charge in [-0.3, -0.25) is 0 Å². The van der Waals surface area contributed by atoms with Gasteiger partial charge in [-0.2, -0.15) is 0 Å². The highest BCUT2D eigenvalue weighted by Gasteiger charge is 2.10. The smallest absolute Gasteiger partial charge is 0.227 e. The number of aromatic nitrogens is 1. The van der Waals surface area contributed by atoms with Crippen LogP contribution in [0.15, 0.2) is 66.9 Å². The second-order valence-electron chi connectivity index (χ2n) is 4.69. The highest BCUT2D eigenvalue weighted by Crippen LogP contribution is 2.34. The minimum Gasteiger partial charge on any atom is -0.506 e. The molecule has 2 aromatic carbocycles. The third kappa shape index (κ3) is 3.01. The fourth-order valence-corrected chi connectivity index (χ4v) is 2.10. The van der Waals surface area contributed by atoms with Gasteiger partial charge in [0.05, 0.1) is 13.3 Å². The standard InChI is InChI=1S/C18H15NO3/c1-21-15-9-7-13(8-10-15)17-11-14(20)12-19-18(17)22-16-5-3-2-4-6-16/h2-12,20H,1H3. The third-order valence-electron chi connectivity index (χ3n) is 3.20. The number of para-hydroxylation sites is 1. The summed E-state index contributed by atoms with van der Waals surface area (Å²) in [7, 11) is 1.62. The molecule has 0 bridgehead atoms. The first kappa shape index (κ1) is 13.9. The molecule has 110 valence electrons. The molecule has 22 heavy (non-hydrogen) atoms. The van der Waals surface area contributed by atoms with E-state index in [0.29, 0.717) is 17.2 Å². The molecule has 0 aliphatic heterocycles. The Morgan fingerprint density at radius 1 is 0.909 bits per heavy atom. The van der Waals surface area contributed by atoms with Crippen LogP contribution in [0, 0.1) is 0 Å². The Morgan fingerprint density at radius 3 is 2.32 bits per heavy atom. The van der Waals surface area contributed by atoms with E-state index in [9.17, 15) is 5.11 Å². The van der Waals surface area contributed by atoms with E-state index in [2.05, 4.69) is 4.98 Å². The number of hydrogen-bond acceptors (Lipinski definition) is 4. The Labute approximate surface area is 128 Å². The molecule has 0 saturated heterocycles. The van der Waals surface area contributed by atoms with Crippen molar-refractivity contribution in [2.45, 2.75) is 0 Å². The number of benzene rings is 2. The van der Waals surface area contributed by atoms with Gasteiger partial charge in [-0.1, -0.05) is 30.3 Å². The minimum absolute atomic E-state index is 0.0891. The zero-order valence-electron chi connectivity index (χ0n) is 12.1. The molecule has 4 nitrogen and oxygen atoms in total. The van der Waals surface area contributed by atoms with E-state index in [-0.39, 0.29) is 5.75 Å². The van der Waals surface area contributed by atoms with E-state index in [4.69, 9.17) is 9.47 Å². The van der Waals surface area contributed by atoms with Crippen molar-refractivity contribution in [3.63, 3.8) is 0 Å². The van der Waals surface area contributed by atoms with Gasteiger partial charge in [-0.25, -0.2) is 4.98 Å². The quantitative estimate of drug-likeness (QED) is 0.781. The van der Waals surface area contributed by atoms with Gasteiger partial charge in [0.1, 0.15) is 17.2 Å². The van der Waals surface area contributed by atoms with Gasteiger partial charge in [0.15, 0.2) is 0 Å². The second-order valence-corrected chi connectivity index (χ2v) is 4.69. The first-order valence-electron chi connectivity index (χ1n) is 6.82. The number of ether oxygens (including phenoxy) is 2. The SMILES string of the molecule is COc1ccc(-c2cc(O)cnc2Oc2ccccc2)cc1. The maximum atomic E-state index is 9.72. The predicted octanol–water partition coefficient (Wildman–Crippen LogP) is 4.26. The normalized spacial score (nSPS) is 10.2. The van der Waals surface area contributed by atoms with E-state index < -0.39 is 0 Å². The lowest BCUT2D eigenvalue weighted by molar-refractivity contribution is 0.415.